The van der Waals surface area contributed by atoms with Crippen LogP contribution in [0, 0.1) is 5.92 Å². The number of aromatic nitrogens is 5. The van der Waals surface area contributed by atoms with Gasteiger partial charge >= 0.3 is 6.18 Å². The van der Waals surface area contributed by atoms with Gasteiger partial charge in [0.1, 0.15) is 17.0 Å². The number of nitrogens with zero attached hydrogens (tertiary/aromatic N) is 5. The van der Waals surface area contributed by atoms with Crippen LogP contribution >= 0.6 is 0 Å². The number of primary amides is 1. The molecular formula is C24H29F3N8O2. The third-order valence-corrected chi connectivity index (χ3v) is 6.99. The van der Waals surface area contributed by atoms with Gasteiger partial charge in [-0.15, -0.1) is 0 Å². The van der Waals surface area contributed by atoms with Gasteiger partial charge in [-0.2, -0.15) is 18.2 Å². The number of nitrogens with two attached hydrogens (primary N) is 1. The fraction of sp³-hybridized carbons (Fsp3) is 0.542. The largest absolute Gasteiger partial charge is 0.433 e. The summed E-state index contributed by atoms with van der Waals surface area (Å²) < 4.78 is 47.2. The Morgan fingerprint density at radius 1 is 1.14 bits per heavy atom. The average Bonchev–Trinajstić information content (AvgIpc) is 3.20. The van der Waals surface area contributed by atoms with Gasteiger partial charge in [0.15, 0.2) is 5.65 Å². The summed E-state index contributed by atoms with van der Waals surface area (Å²) in [7, 11) is 0. The van der Waals surface area contributed by atoms with Gasteiger partial charge in [0.2, 0.25) is 17.8 Å². The maximum absolute atomic E-state index is 13.2. The molecule has 2 aliphatic rings. The molecule has 1 saturated carbocycles. The molecule has 4 heterocycles. The van der Waals surface area contributed by atoms with Crippen LogP contribution in [-0.2, 0) is 15.7 Å². The Morgan fingerprint density at radius 3 is 2.62 bits per heavy atom. The van der Waals surface area contributed by atoms with E-state index in [2.05, 4.69) is 25.6 Å². The van der Waals surface area contributed by atoms with E-state index in [0.29, 0.717) is 55.4 Å². The summed E-state index contributed by atoms with van der Waals surface area (Å²) >= 11 is 0. The van der Waals surface area contributed by atoms with Gasteiger partial charge in [0, 0.05) is 24.6 Å². The Morgan fingerprint density at radius 2 is 1.92 bits per heavy atom. The minimum atomic E-state index is -4.57. The molecule has 3 aromatic heterocycles. The molecule has 0 radical (unpaired) electrons. The summed E-state index contributed by atoms with van der Waals surface area (Å²) in [4.78, 5) is 29.2. The number of halogens is 3. The fourth-order valence-corrected chi connectivity index (χ4v) is 5.10. The zero-order valence-corrected chi connectivity index (χ0v) is 20.3. The highest BCUT2D eigenvalue weighted by molar-refractivity contribution is 5.77. The molecule has 1 aliphatic carbocycles. The molecule has 37 heavy (non-hydrogen) atoms. The summed E-state index contributed by atoms with van der Waals surface area (Å²) in [6.07, 6.45) is 1.33. The first kappa shape index (κ1) is 25.2. The van der Waals surface area contributed by atoms with E-state index in [4.69, 9.17) is 15.5 Å². The predicted molar refractivity (Wildman–Crippen MR) is 130 cm³/mol. The van der Waals surface area contributed by atoms with Crippen molar-refractivity contribution in [2.45, 2.75) is 69.8 Å². The van der Waals surface area contributed by atoms with E-state index >= 15 is 0 Å². The summed E-state index contributed by atoms with van der Waals surface area (Å²) in [5, 5.41) is 6.33. The average molecular weight is 519 g/mol. The first-order valence-electron chi connectivity index (χ1n) is 12.4. The van der Waals surface area contributed by atoms with E-state index in [-0.39, 0.29) is 35.8 Å². The number of fused-ring (bicyclic) bond motifs is 1. The highest BCUT2D eigenvalue weighted by atomic mass is 19.4. The van der Waals surface area contributed by atoms with Crippen molar-refractivity contribution in [1.82, 2.24) is 24.5 Å². The lowest BCUT2D eigenvalue weighted by Crippen LogP contribution is -2.33. The monoisotopic (exact) mass is 518 g/mol. The van der Waals surface area contributed by atoms with Gasteiger partial charge in [-0.3, -0.25) is 9.36 Å². The molecule has 1 amide bonds. The maximum Gasteiger partial charge on any atom is 0.433 e. The lowest BCUT2D eigenvalue weighted by Gasteiger charge is -2.29. The smallest absolute Gasteiger partial charge is 0.378 e. The van der Waals surface area contributed by atoms with Crippen molar-refractivity contribution in [2.24, 2.45) is 11.7 Å². The normalized spacial score (nSPS) is 24.6. The number of ether oxygens (including phenoxy) is 1. The van der Waals surface area contributed by atoms with Gasteiger partial charge < -0.3 is 21.1 Å². The number of hydrogen-bond acceptors (Lipinski definition) is 8. The molecule has 4 N–H and O–H groups in total. The molecule has 0 aromatic carbocycles. The number of rotatable bonds is 6. The number of alkyl halides is 3. The number of nitrogens with one attached hydrogen (secondary N) is 2. The number of hydrogen-bond donors (Lipinski definition) is 3. The number of imidazole rings is 1. The Hall–Kier alpha value is -3.48. The van der Waals surface area contributed by atoms with E-state index in [9.17, 15) is 18.0 Å². The second-order valence-electron chi connectivity index (χ2n) is 9.69. The van der Waals surface area contributed by atoms with E-state index in [1.165, 1.54) is 12.1 Å². The summed E-state index contributed by atoms with van der Waals surface area (Å²) in [5.41, 5.74) is 5.56. The zero-order chi connectivity index (χ0) is 26.2. The van der Waals surface area contributed by atoms with Gasteiger partial charge in [0.05, 0.1) is 12.3 Å². The van der Waals surface area contributed by atoms with Crippen LogP contribution in [0.15, 0.2) is 24.4 Å². The maximum atomic E-state index is 13.2. The van der Waals surface area contributed by atoms with Gasteiger partial charge in [-0.1, -0.05) is 6.07 Å². The third kappa shape index (κ3) is 5.60. The highest BCUT2D eigenvalue weighted by Crippen LogP contribution is 2.37. The minimum absolute atomic E-state index is 0.0136. The quantitative estimate of drug-likeness (QED) is 0.443. The van der Waals surface area contributed by atoms with Crippen LogP contribution in [0.3, 0.4) is 0 Å². The van der Waals surface area contributed by atoms with Crippen molar-refractivity contribution in [1.29, 1.82) is 0 Å². The molecule has 5 rings (SSSR count). The third-order valence-electron chi connectivity index (χ3n) is 6.99. The first-order chi connectivity index (χ1) is 17.7. The Bertz CT molecular complexity index is 1270. The predicted octanol–water partition coefficient (Wildman–Crippen LogP) is 4.18. The molecule has 198 valence electrons. The van der Waals surface area contributed by atoms with Crippen molar-refractivity contribution in [3.05, 3.63) is 30.1 Å². The SMILES string of the molecule is C[C@H]1C[C@@H](Nc2ncc3nc(Nc4cccc(C(F)(F)F)n4)n(C4CCC(C(N)=O)CC4)c3n2)CCO1. The van der Waals surface area contributed by atoms with Gasteiger partial charge in [-0.05, 0) is 57.6 Å². The molecule has 2 atom stereocenters. The van der Waals surface area contributed by atoms with E-state index < -0.39 is 11.9 Å². The molecule has 13 heteroatoms. The van der Waals surface area contributed by atoms with Crippen LogP contribution in [0.5, 0.6) is 0 Å². The van der Waals surface area contributed by atoms with Crippen molar-refractivity contribution >= 4 is 34.8 Å². The van der Waals surface area contributed by atoms with Gasteiger partial charge in [0.25, 0.3) is 0 Å². The molecule has 1 saturated heterocycles. The molecular weight excluding hydrogens is 489 g/mol. The highest BCUT2D eigenvalue weighted by Gasteiger charge is 2.33. The lowest BCUT2D eigenvalue weighted by molar-refractivity contribution is -0.141. The molecule has 1 aliphatic heterocycles. The van der Waals surface area contributed by atoms with Crippen molar-refractivity contribution in [2.75, 3.05) is 17.2 Å². The Balaban J connectivity index is 1.49. The molecule has 0 spiro atoms. The van der Waals surface area contributed by atoms with Gasteiger partial charge in [-0.25, -0.2) is 15.0 Å². The molecule has 0 unspecified atom stereocenters. The topological polar surface area (TPSA) is 133 Å². The summed E-state index contributed by atoms with van der Waals surface area (Å²) in [5.74, 6) is 0.257. The molecule has 3 aromatic rings. The van der Waals surface area contributed by atoms with E-state index in [0.717, 1.165) is 18.9 Å². The van der Waals surface area contributed by atoms with E-state index in [1.54, 1.807) is 6.20 Å². The number of amides is 1. The lowest BCUT2D eigenvalue weighted by atomic mass is 9.85. The van der Waals surface area contributed by atoms with Crippen molar-refractivity contribution in [3.8, 4) is 0 Å². The van der Waals surface area contributed by atoms with Crippen LogP contribution < -0.4 is 16.4 Å². The Labute approximate surface area is 211 Å². The number of anilines is 3. The molecule has 2 fully saturated rings. The molecule has 0 bridgehead atoms. The number of pyridine rings is 1. The fourth-order valence-electron chi connectivity index (χ4n) is 5.10. The summed E-state index contributed by atoms with van der Waals surface area (Å²) in [6.45, 7) is 2.68. The Kier molecular flexibility index (Phi) is 6.88. The van der Waals surface area contributed by atoms with E-state index in [1.807, 2.05) is 11.5 Å². The minimum Gasteiger partial charge on any atom is -0.378 e. The second kappa shape index (κ2) is 10.1. The van der Waals surface area contributed by atoms with Crippen LogP contribution in [0.1, 0.15) is 57.2 Å². The van der Waals surface area contributed by atoms with Crippen LogP contribution in [-0.4, -0.2) is 49.2 Å². The number of carbonyl (C=O) groups excluding carboxylic acids is 1. The standard InChI is InChI=1S/C24H29F3N8O2/c1-13-11-15(9-10-37-13)30-22-29-12-17-21(34-22)35(16-7-5-14(6-8-16)20(28)36)23(31-17)33-19-4-2-3-18(32-19)24(25,26)27/h2-4,12-16H,5-11H2,1H3,(H2,28,36)(H,29,30,34)(H,31,32,33)/t13-,14?,15-,16?/m0/s1. The van der Waals surface area contributed by atoms with Crippen molar-refractivity contribution in [3.63, 3.8) is 0 Å². The van der Waals surface area contributed by atoms with Crippen LogP contribution in [0.25, 0.3) is 11.2 Å². The summed E-state index contributed by atoms with van der Waals surface area (Å²) in [6, 6.07) is 3.74. The first-order valence-corrected chi connectivity index (χ1v) is 12.4. The molecule has 10 nitrogen and oxygen atoms in total. The van der Waals surface area contributed by atoms with Crippen molar-refractivity contribution < 1.29 is 22.7 Å². The van der Waals surface area contributed by atoms with Crippen LogP contribution in [0.2, 0.25) is 0 Å². The second-order valence-corrected chi connectivity index (χ2v) is 9.69. The number of carbonyl (C=O) groups is 1. The zero-order valence-electron chi connectivity index (χ0n) is 20.3. The van der Waals surface area contributed by atoms with Crippen LogP contribution in [0.4, 0.5) is 30.9 Å².